The van der Waals surface area contributed by atoms with Crippen LogP contribution in [0.25, 0.3) is 0 Å². The van der Waals surface area contributed by atoms with Gasteiger partial charge in [-0.2, -0.15) is 0 Å². The van der Waals surface area contributed by atoms with Gasteiger partial charge in [0.2, 0.25) is 5.91 Å². The molecule has 1 saturated heterocycles. The molecule has 0 spiro atoms. The molecule has 1 heterocycles. The number of aliphatic hydroxyl groups is 1. The zero-order valence-corrected chi connectivity index (χ0v) is 11.2. The first-order valence-electron chi connectivity index (χ1n) is 6.94. The van der Waals surface area contributed by atoms with Gasteiger partial charge in [-0.3, -0.25) is 9.69 Å². The van der Waals surface area contributed by atoms with E-state index in [9.17, 15) is 4.79 Å². The van der Waals surface area contributed by atoms with E-state index < -0.39 is 0 Å². The highest BCUT2D eigenvalue weighted by molar-refractivity contribution is 5.78. The Balaban J connectivity index is 1.89. The van der Waals surface area contributed by atoms with Crippen LogP contribution in [-0.4, -0.2) is 41.7 Å². The van der Waals surface area contributed by atoms with Gasteiger partial charge in [0.15, 0.2) is 0 Å². The monoisotopic (exact) mass is 262 g/mol. The van der Waals surface area contributed by atoms with Crippen molar-refractivity contribution >= 4 is 5.91 Å². The van der Waals surface area contributed by atoms with Crippen molar-refractivity contribution in [3.63, 3.8) is 0 Å². The molecule has 0 aromatic heterocycles. The van der Waals surface area contributed by atoms with Gasteiger partial charge in [0, 0.05) is 38.7 Å². The normalized spacial score (nSPS) is 18.8. The summed E-state index contributed by atoms with van der Waals surface area (Å²) in [5.74, 6) is 0.159. The molecule has 0 aliphatic carbocycles. The standard InChI is InChI=1S/C15H22N2O2/c18-10-4-9-17(11-13-5-2-1-3-6-13)12-14-7-8-15(19)16-14/h1-3,5-6,14,18H,4,7-12H2,(H,16,19)/t14-/m0/s1. The highest BCUT2D eigenvalue weighted by Crippen LogP contribution is 2.11. The lowest BCUT2D eigenvalue weighted by Crippen LogP contribution is -2.39. The molecule has 4 heteroatoms. The number of nitrogens with zero attached hydrogens (tertiary/aromatic N) is 1. The Hall–Kier alpha value is -1.39. The average molecular weight is 262 g/mol. The molecule has 1 aromatic rings. The zero-order chi connectivity index (χ0) is 13.5. The Morgan fingerprint density at radius 1 is 1.32 bits per heavy atom. The maximum absolute atomic E-state index is 11.2. The van der Waals surface area contributed by atoms with Gasteiger partial charge in [-0.05, 0) is 18.4 Å². The summed E-state index contributed by atoms with van der Waals surface area (Å²) in [6, 6.07) is 10.6. The van der Waals surface area contributed by atoms with Crippen LogP contribution in [0.2, 0.25) is 0 Å². The summed E-state index contributed by atoms with van der Waals surface area (Å²) < 4.78 is 0. The molecule has 1 atom stereocenters. The fraction of sp³-hybridized carbons (Fsp3) is 0.533. The van der Waals surface area contributed by atoms with Crippen LogP contribution < -0.4 is 5.32 Å². The van der Waals surface area contributed by atoms with Crippen molar-refractivity contribution in [2.24, 2.45) is 0 Å². The molecule has 1 aliphatic heterocycles. The molecular weight excluding hydrogens is 240 g/mol. The smallest absolute Gasteiger partial charge is 0.220 e. The summed E-state index contributed by atoms with van der Waals surface area (Å²) in [5, 5.41) is 12.0. The molecule has 1 amide bonds. The summed E-state index contributed by atoms with van der Waals surface area (Å²) in [5.41, 5.74) is 1.27. The zero-order valence-electron chi connectivity index (χ0n) is 11.2. The first-order chi connectivity index (χ1) is 9.28. The Morgan fingerprint density at radius 2 is 2.11 bits per heavy atom. The summed E-state index contributed by atoms with van der Waals surface area (Å²) >= 11 is 0. The number of carbonyl (C=O) groups excluding carboxylic acids is 1. The van der Waals surface area contributed by atoms with Crippen LogP contribution in [0.15, 0.2) is 30.3 Å². The van der Waals surface area contributed by atoms with E-state index in [0.717, 1.165) is 32.5 Å². The van der Waals surface area contributed by atoms with Crippen molar-refractivity contribution in [2.45, 2.75) is 31.8 Å². The van der Waals surface area contributed by atoms with Gasteiger partial charge in [0.25, 0.3) is 0 Å². The van der Waals surface area contributed by atoms with Crippen LogP contribution in [0.1, 0.15) is 24.8 Å². The fourth-order valence-corrected chi connectivity index (χ4v) is 2.50. The van der Waals surface area contributed by atoms with E-state index in [1.807, 2.05) is 18.2 Å². The second-order valence-electron chi connectivity index (χ2n) is 5.10. The van der Waals surface area contributed by atoms with Gasteiger partial charge < -0.3 is 10.4 Å². The van der Waals surface area contributed by atoms with E-state index in [1.54, 1.807) is 0 Å². The molecule has 104 valence electrons. The van der Waals surface area contributed by atoms with Crippen LogP contribution in [0.3, 0.4) is 0 Å². The molecule has 19 heavy (non-hydrogen) atoms. The van der Waals surface area contributed by atoms with E-state index >= 15 is 0 Å². The number of nitrogens with one attached hydrogen (secondary N) is 1. The van der Waals surface area contributed by atoms with Crippen LogP contribution >= 0.6 is 0 Å². The molecule has 1 fully saturated rings. The highest BCUT2D eigenvalue weighted by atomic mass is 16.3. The SMILES string of the molecule is O=C1CC[C@@H](CN(CCCO)Cc2ccccc2)N1. The van der Waals surface area contributed by atoms with Gasteiger partial charge in [0.05, 0.1) is 0 Å². The fourth-order valence-electron chi connectivity index (χ4n) is 2.50. The summed E-state index contributed by atoms with van der Waals surface area (Å²) in [7, 11) is 0. The molecule has 0 unspecified atom stereocenters. The Labute approximate surface area is 114 Å². The van der Waals surface area contributed by atoms with Gasteiger partial charge in [-0.25, -0.2) is 0 Å². The van der Waals surface area contributed by atoms with Crippen LogP contribution in [0, 0.1) is 0 Å². The van der Waals surface area contributed by atoms with Crippen LogP contribution in [0.4, 0.5) is 0 Å². The van der Waals surface area contributed by atoms with Crippen molar-refractivity contribution in [1.29, 1.82) is 0 Å². The largest absolute Gasteiger partial charge is 0.396 e. The summed E-state index contributed by atoms with van der Waals surface area (Å²) in [6.07, 6.45) is 2.33. The van der Waals surface area contributed by atoms with Gasteiger partial charge in [0.1, 0.15) is 0 Å². The third-order valence-electron chi connectivity index (χ3n) is 3.45. The summed E-state index contributed by atoms with van der Waals surface area (Å²) in [4.78, 5) is 13.5. The number of benzene rings is 1. The minimum Gasteiger partial charge on any atom is -0.396 e. The lowest BCUT2D eigenvalue weighted by atomic mass is 10.1. The molecule has 0 radical (unpaired) electrons. The molecule has 0 bridgehead atoms. The van der Waals surface area contributed by atoms with E-state index in [-0.39, 0.29) is 18.6 Å². The van der Waals surface area contributed by atoms with E-state index in [4.69, 9.17) is 5.11 Å². The Morgan fingerprint density at radius 3 is 2.74 bits per heavy atom. The quantitative estimate of drug-likeness (QED) is 0.775. The minimum absolute atomic E-state index is 0.159. The van der Waals surface area contributed by atoms with Crippen LogP contribution in [0.5, 0.6) is 0 Å². The predicted molar refractivity (Wildman–Crippen MR) is 74.6 cm³/mol. The number of aliphatic hydroxyl groups excluding tert-OH is 1. The number of rotatable bonds is 7. The van der Waals surface area contributed by atoms with E-state index in [1.165, 1.54) is 5.56 Å². The second-order valence-corrected chi connectivity index (χ2v) is 5.10. The molecule has 1 aliphatic rings. The van der Waals surface area contributed by atoms with Crippen LogP contribution in [-0.2, 0) is 11.3 Å². The molecular formula is C15H22N2O2. The van der Waals surface area contributed by atoms with Crippen molar-refractivity contribution in [1.82, 2.24) is 10.2 Å². The van der Waals surface area contributed by atoms with Gasteiger partial charge in [-0.15, -0.1) is 0 Å². The topological polar surface area (TPSA) is 52.6 Å². The Bertz CT molecular complexity index is 394. The molecule has 0 saturated carbocycles. The first kappa shape index (κ1) is 14.0. The van der Waals surface area contributed by atoms with Crippen molar-refractivity contribution < 1.29 is 9.90 Å². The van der Waals surface area contributed by atoms with Gasteiger partial charge in [-0.1, -0.05) is 30.3 Å². The van der Waals surface area contributed by atoms with E-state index in [2.05, 4.69) is 22.3 Å². The lowest BCUT2D eigenvalue weighted by molar-refractivity contribution is -0.119. The third-order valence-corrected chi connectivity index (χ3v) is 3.45. The van der Waals surface area contributed by atoms with Crippen molar-refractivity contribution in [3.05, 3.63) is 35.9 Å². The highest BCUT2D eigenvalue weighted by Gasteiger charge is 2.22. The molecule has 1 aromatic carbocycles. The van der Waals surface area contributed by atoms with E-state index in [0.29, 0.717) is 6.42 Å². The molecule has 2 N–H and O–H groups in total. The third kappa shape index (κ3) is 4.65. The predicted octanol–water partition coefficient (Wildman–Crippen LogP) is 1.15. The van der Waals surface area contributed by atoms with Crippen molar-refractivity contribution in [3.8, 4) is 0 Å². The maximum Gasteiger partial charge on any atom is 0.220 e. The molecule has 4 nitrogen and oxygen atoms in total. The average Bonchev–Trinajstić information content (AvgIpc) is 2.82. The number of hydrogen-bond donors (Lipinski definition) is 2. The number of carbonyl (C=O) groups is 1. The minimum atomic E-state index is 0.159. The molecule has 2 rings (SSSR count). The number of amides is 1. The first-order valence-corrected chi connectivity index (χ1v) is 6.94. The van der Waals surface area contributed by atoms with Gasteiger partial charge >= 0.3 is 0 Å². The Kier molecular flexibility index (Phi) is 5.36. The second kappa shape index (κ2) is 7.26. The van der Waals surface area contributed by atoms with Crippen molar-refractivity contribution in [2.75, 3.05) is 19.7 Å². The number of hydrogen-bond acceptors (Lipinski definition) is 3. The lowest BCUT2D eigenvalue weighted by Gasteiger charge is -2.25. The maximum atomic E-state index is 11.2. The summed E-state index contributed by atoms with van der Waals surface area (Å²) in [6.45, 7) is 2.80.